The second kappa shape index (κ2) is 7.64. The Morgan fingerprint density at radius 3 is 2.61 bits per heavy atom. The van der Waals surface area contributed by atoms with Crippen LogP contribution >= 0.6 is 0 Å². The minimum atomic E-state index is -0.402. The van der Waals surface area contributed by atoms with Crippen LogP contribution in [0.3, 0.4) is 0 Å². The first-order valence-corrected chi connectivity index (χ1v) is 8.63. The number of aliphatic hydroxyl groups excluding tert-OH is 1. The summed E-state index contributed by atoms with van der Waals surface area (Å²) in [5, 5.41) is 15.9. The molecule has 6 nitrogen and oxygen atoms in total. The number of nitrogens with one attached hydrogen (secondary N) is 2. The van der Waals surface area contributed by atoms with Gasteiger partial charge in [0.1, 0.15) is 5.82 Å². The number of aromatic nitrogens is 1. The molecule has 1 saturated carbocycles. The number of hydrogen-bond acceptors (Lipinski definition) is 4. The van der Waals surface area contributed by atoms with Crippen molar-refractivity contribution in [2.45, 2.75) is 56.7 Å². The number of rotatable bonds is 3. The summed E-state index contributed by atoms with van der Waals surface area (Å²) in [5.74, 6) is 1.00. The zero-order valence-electron chi connectivity index (χ0n) is 13.4. The Kier molecular flexibility index (Phi) is 5.33. The Labute approximate surface area is 137 Å². The van der Waals surface area contributed by atoms with Gasteiger partial charge in [-0.25, -0.2) is 9.78 Å². The molecule has 2 amide bonds. The molecule has 3 rings (SSSR count). The molecule has 2 unspecified atom stereocenters. The van der Waals surface area contributed by atoms with Gasteiger partial charge in [0.15, 0.2) is 0 Å². The molecule has 126 valence electrons. The summed E-state index contributed by atoms with van der Waals surface area (Å²) < 4.78 is 0. The van der Waals surface area contributed by atoms with Crippen LogP contribution in [0.25, 0.3) is 0 Å². The molecule has 0 radical (unpaired) electrons. The highest BCUT2D eigenvalue weighted by Crippen LogP contribution is 2.19. The van der Waals surface area contributed by atoms with Crippen LogP contribution in [0.5, 0.6) is 0 Å². The summed E-state index contributed by atoms with van der Waals surface area (Å²) in [6.07, 6.45) is 7.01. The first kappa shape index (κ1) is 16.1. The minimum Gasteiger partial charge on any atom is -0.391 e. The standard InChI is InChI=1S/C17H26N4O2/c22-15-6-2-1-5-14(15)20-17(23)19-13-8-11-21(12-9-13)16-7-3-4-10-18-16/h3-4,7,10,13-15,22H,1-2,5-6,8-9,11-12H2,(H2,19,20,23). The maximum absolute atomic E-state index is 12.1. The Morgan fingerprint density at radius 2 is 1.91 bits per heavy atom. The third-order valence-electron chi connectivity index (χ3n) is 4.85. The summed E-state index contributed by atoms with van der Waals surface area (Å²) in [6, 6.07) is 5.88. The van der Waals surface area contributed by atoms with Gasteiger partial charge < -0.3 is 20.6 Å². The molecule has 1 aromatic rings. The fraction of sp³-hybridized carbons (Fsp3) is 0.647. The van der Waals surface area contributed by atoms with Crippen molar-refractivity contribution in [2.75, 3.05) is 18.0 Å². The van der Waals surface area contributed by atoms with Crippen molar-refractivity contribution >= 4 is 11.8 Å². The number of carbonyl (C=O) groups excluding carboxylic acids is 1. The molecule has 2 heterocycles. The van der Waals surface area contributed by atoms with E-state index in [1.807, 2.05) is 24.4 Å². The molecule has 6 heteroatoms. The second-order valence-electron chi connectivity index (χ2n) is 6.53. The van der Waals surface area contributed by atoms with Gasteiger partial charge in [0, 0.05) is 25.3 Å². The zero-order valence-corrected chi connectivity index (χ0v) is 13.4. The lowest BCUT2D eigenvalue weighted by Crippen LogP contribution is -2.53. The van der Waals surface area contributed by atoms with E-state index < -0.39 is 6.10 Å². The number of urea groups is 1. The molecule has 0 aromatic carbocycles. The lowest BCUT2D eigenvalue weighted by atomic mass is 9.93. The van der Waals surface area contributed by atoms with Gasteiger partial charge in [0.05, 0.1) is 12.1 Å². The molecule has 2 fully saturated rings. The van der Waals surface area contributed by atoms with Gasteiger partial charge >= 0.3 is 6.03 Å². The van der Waals surface area contributed by atoms with Gasteiger partial charge in [0.2, 0.25) is 0 Å². The van der Waals surface area contributed by atoms with Crippen LogP contribution < -0.4 is 15.5 Å². The van der Waals surface area contributed by atoms with E-state index in [0.29, 0.717) is 0 Å². The molecule has 1 saturated heterocycles. The first-order chi connectivity index (χ1) is 11.2. The maximum atomic E-state index is 12.1. The van der Waals surface area contributed by atoms with Crippen LogP contribution in [0.15, 0.2) is 24.4 Å². The molecular weight excluding hydrogens is 292 g/mol. The average molecular weight is 318 g/mol. The number of carbonyl (C=O) groups is 1. The predicted octanol–water partition coefficient (Wildman–Crippen LogP) is 1.65. The van der Waals surface area contributed by atoms with Gasteiger partial charge in [-0.05, 0) is 37.8 Å². The van der Waals surface area contributed by atoms with E-state index in [1.54, 1.807) is 0 Å². The smallest absolute Gasteiger partial charge is 0.315 e. The van der Waals surface area contributed by atoms with Crippen LogP contribution in [0, 0.1) is 0 Å². The number of nitrogens with zero attached hydrogens (tertiary/aromatic N) is 2. The monoisotopic (exact) mass is 318 g/mol. The van der Waals surface area contributed by atoms with E-state index in [1.165, 1.54) is 0 Å². The lowest BCUT2D eigenvalue weighted by molar-refractivity contribution is 0.0939. The molecule has 1 aliphatic heterocycles. The van der Waals surface area contributed by atoms with E-state index in [9.17, 15) is 9.90 Å². The molecule has 23 heavy (non-hydrogen) atoms. The lowest BCUT2D eigenvalue weighted by Gasteiger charge is -2.34. The molecule has 0 spiro atoms. The highest BCUT2D eigenvalue weighted by molar-refractivity contribution is 5.74. The Balaban J connectivity index is 1.42. The highest BCUT2D eigenvalue weighted by atomic mass is 16.3. The van der Waals surface area contributed by atoms with Gasteiger partial charge in [-0.15, -0.1) is 0 Å². The van der Waals surface area contributed by atoms with Crippen molar-refractivity contribution in [3.63, 3.8) is 0 Å². The minimum absolute atomic E-state index is 0.0997. The normalized spacial score (nSPS) is 25.9. The number of aliphatic hydroxyl groups is 1. The summed E-state index contributed by atoms with van der Waals surface area (Å²) in [6.45, 7) is 1.79. The Bertz CT molecular complexity index is 503. The molecule has 1 aromatic heterocycles. The van der Waals surface area contributed by atoms with Gasteiger partial charge in [-0.2, -0.15) is 0 Å². The van der Waals surface area contributed by atoms with Crippen LogP contribution in [-0.2, 0) is 0 Å². The summed E-state index contributed by atoms with van der Waals surface area (Å²) in [4.78, 5) is 18.7. The van der Waals surface area contributed by atoms with Crippen molar-refractivity contribution in [1.82, 2.24) is 15.6 Å². The second-order valence-corrected chi connectivity index (χ2v) is 6.53. The van der Waals surface area contributed by atoms with E-state index in [0.717, 1.165) is 57.4 Å². The molecule has 2 aliphatic rings. The number of anilines is 1. The van der Waals surface area contributed by atoms with Crippen molar-refractivity contribution in [3.8, 4) is 0 Å². The van der Waals surface area contributed by atoms with E-state index >= 15 is 0 Å². The van der Waals surface area contributed by atoms with Gasteiger partial charge in [-0.1, -0.05) is 18.9 Å². The van der Waals surface area contributed by atoms with E-state index in [2.05, 4.69) is 20.5 Å². The summed E-state index contributed by atoms with van der Waals surface area (Å²) >= 11 is 0. The Morgan fingerprint density at radius 1 is 1.13 bits per heavy atom. The number of piperidine rings is 1. The maximum Gasteiger partial charge on any atom is 0.315 e. The van der Waals surface area contributed by atoms with Crippen LogP contribution in [-0.4, -0.2) is 47.4 Å². The SMILES string of the molecule is O=C(NC1CCN(c2ccccn2)CC1)NC1CCCCC1O. The molecule has 1 aliphatic carbocycles. The highest BCUT2D eigenvalue weighted by Gasteiger charge is 2.26. The van der Waals surface area contributed by atoms with Crippen molar-refractivity contribution in [2.24, 2.45) is 0 Å². The largest absolute Gasteiger partial charge is 0.391 e. The van der Waals surface area contributed by atoms with Crippen molar-refractivity contribution < 1.29 is 9.90 Å². The van der Waals surface area contributed by atoms with Crippen molar-refractivity contribution in [1.29, 1.82) is 0 Å². The first-order valence-electron chi connectivity index (χ1n) is 8.63. The van der Waals surface area contributed by atoms with E-state index in [4.69, 9.17) is 0 Å². The van der Waals surface area contributed by atoms with Gasteiger partial charge in [-0.3, -0.25) is 0 Å². The van der Waals surface area contributed by atoms with Crippen molar-refractivity contribution in [3.05, 3.63) is 24.4 Å². The number of amides is 2. The fourth-order valence-corrected chi connectivity index (χ4v) is 3.47. The Hall–Kier alpha value is -1.82. The topological polar surface area (TPSA) is 77.5 Å². The summed E-state index contributed by atoms with van der Waals surface area (Å²) in [5.41, 5.74) is 0. The number of pyridine rings is 1. The summed E-state index contributed by atoms with van der Waals surface area (Å²) in [7, 11) is 0. The quantitative estimate of drug-likeness (QED) is 0.792. The molecule has 3 N–H and O–H groups in total. The zero-order chi connectivity index (χ0) is 16.1. The van der Waals surface area contributed by atoms with Crippen LogP contribution in [0.4, 0.5) is 10.6 Å². The molecular formula is C17H26N4O2. The predicted molar refractivity (Wildman–Crippen MR) is 89.4 cm³/mol. The third kappa shape index (κ3) is 4.34. The fourth-order valence-electron chi connectivity index (χ4n) is 3.47. The third-order valence-corrected chi connectivity index (χ3v) is 4.85. The van der Waals surface area contributed by atoms with E-state index in [-0.39, 0.29) is 18.1 Å². The van der Waals surface area contributed by atoms with Gasteiger partial charge in [0.25, 0.3) is 0 Å². The average Bonchev–Trinajstić information content (AvgIpc) is 2.58. The number of hydrogen-bond donors (Lipinski definition) is 3. The molecule has 2 atom stereocenters. The molecule has 0 bridgehead atoms. The van der Waals surface area contributed by atoms with Crippen LogP contribution in [0.1, 0.15) is 38.5 Å². The van der Waals surface area contributed by atoms with Crippen LogP contribution in [0.2, 0.25) is 0 Å².